The first-order valence-corrected chi connectivity index (χ1v) is 7.76. The molecule has 0 saturated carbocycles. The molecule has 2 heterocycles. The van der Waals surface area contributed by atoms with Gasteiger partial charge in [-0.2, -0.15) is 0 Å². The van der Waals surface area contributed by atoms with Gasteiger partial charge in [0.15, 0.2) is 0 Å². The lowest BCUT2D eigenvalue weighted by molar-refractivity contribution is -0.106. The van der Waals surface area contributed by atoms with E-state index >= 15 is 0 Å². The van der Waals surface area contributed by atoms with Gasteiger partial charge in [0, 0.05) is 12.6 Å². The zero-order chi connectivity index (χ0) is 18.0. The topological polar surface area (TPSA) is 93.8 Å². The molecule has 2 aromatic heterocycles. The summed E-state index contributed by atoms with van der Waals surface area (Å²) in [6, 6.07) is 15.7. The van der Waals surface area contributed by atoms with Crippen LogP contribution >= 0.6 is 0 Å². The molecule has 1 amide bonds. The van der Waals surface area contributed by atoms with Crippen LogP contribution in [0.3, 0.4) is 0 Å². The van der Waals surface area contributed by atoms with Crippen molar-refractivity contribution in [3.8, 4) is 11.4 Å². The fourth-order valence-corrected chi connectivity index (χ4v) is 2.91. The maximum absolute atomic E-state index is 12.4. The van der Waals surface area contributed by atoms with E-state index < -0.39 is 0 Å². The van der Waals surface area contributed by atoms with Gasteiger partial charge in [0.25, 0.3) is 5.56 Å². The van der Waals surface area contributed by atoms with Crippen LogP contribution in [0.4, 0.5) is 0 Å². The predicted molar refractivity (Wildman–Crippen MR) is 99.3 cm³/mol. The highest BCUT2D eigenvalue weighted by Crippen LogP contribution is 2.25. The monoisotopic (exact) mass is 334 g/mol. The van der Waals surface area contributed by atoms with Crippen molar-refractivity contribution >= 4 is 28.3 Å². The molecule has 0 aliphatic heterocycles. The van der Waals surface area contributed by atoms with Crippen molar-refractivity contribution in [2.24, 2.45) is 12.8 Å². The maximum Gasteiger partial charge on any atom is 0.259 e. The fraction of sp³-hybridized carbons (Fsp3) is 0.105. The molecular weight excluding hydrogens is 316 g/mol. The molecule has 25 heavy (non-hydrogen) atoms. The van der Waals surface area contributed by atoms with Crippen molar-refractivity contribution in [3.05, 3.63) is 64.4 Å². The van der Waals surface area contributed by atoms with Gasteiger partial charge in [-0.1, -0.05) is 30.3 Å². The molecule has 4 aromatic rings. The lowest BCUT2D eigenvalue weighted by Gasteiger charge is -2.04. The lowest BCUT2D eigenvalue weighted by atomic mass is 10.1. The standard InChI is InChI=1S/C18H15N3O.CH3NO/c1-11-6-5-9-15-16(11)20-17(21(15)2)13-10-12-7-3-4-8-14(12)19-18(13)22;2-1-3/h3-10H,1-2H3,(H,19,22);1H,(H2,2,3). The van der Waals surface area contributed by atoms with E-state index in [1.807, 2.05) is 67.1 Å². The number of nitrogens with one attached hydrogen (secondary N) is 1. The number of H-pyrrole nitrogens is 1. The minimum Gasteiger partial charge on any atom is -0.372 e. The molecule has 6 nitrogen and oxygen atoms in total. The number of pyridine rings is 1. The molecule has 6 heteroatoms. The number of hydrogen-bond donors (Lipinski definition) is 2. The molecule has 3 N–H and O–H groups in total. The van der Waals surface area contributed by atoms with Gasteiger partial charge < -0.3 is 15.3 Å². The van der Waals surface area contributed by atoms with Gasteiger partial charge >= 0.3 is 0 Å². The lowest BCUT2D eigenvalue weighted by Crippen LogP contribution is -2.11. The quantitative estimate of drug-likeness (QED) is 0.524. The maximum atomic E-state index is 12.4. The number of imidazole rings is 1. The van der Waals surface area contributed by atoms with Gasteiger partial charge in [-0.25, -0.2) is 4.98 Å². The summed E-state index contributed by atoms with van der Waals surface area (Å²) in [7, 11) is 1.94. The van der Waals surface area contributed by atoms with Gasteiger partial charge in [0.05, 0.1) is 16.6 Å². The molecule has 0 aliphatic carbocycles. The molecule has 0 bridgehead atoms. The van der Waals surface area contributed by atoms with Gasteiger partial charge in [0.2, 0.25) is 6.41 Å². The Morgan fingerprint density at radius 1 is 1.16 bits per heavy atom. The third kappa shape index (κ3) is 2.89. The Kier molecular flexibility index (Phi) is 4.35. The van der Waals surface area contributed by atoms with Gasteiger partial charge in [0.1, 0.15) is 5.82 Å². The number of aromatic nitrogens is 3. The number of amides is 1. The highest BCUT2D eigenvalue weighted by atomic mass is 16.1. The number of nitrogens with two attached hydrogens (primary N) is 1. The largest absolute Gasteiger partial charge is 0.372 e. The normalized spacial score (nSPS) is 10.5. The number of aromatic amines is 1. The van der Waals surface area contributed by atoms with E-state index in [0.29, 0.717) is 11.4 Å². The SMILES string of the molecule is Cc1cccc2c1nc(-c1cc3ccccc3[nH]c1=O)n2C.NC=O. The summed E-state index contributed by atoms with van der Waals surface area (Å²) in [6.45, 7) is 2.03. The second kappa shape index (κ2) is 6.60. The average molecular weight is 334 g/mol. The molecule has 0 unspecified atom stereocenters. The number of primary amides is 1. The molecule has 4 rings (SSSR count). The van der Waals surface area contributed by atoms with E-state index in [1.54, 1.807) is 0 Å². The fourth-order valence-electron chi connectivity index (χ4n) is 2.91. The number of benzene rings is 2. The van der Waals surface area contributed by atoms with E-state index in [2.05, 4.69) is 10.7 Å². The Labute approximate surface area is 143 Å². The Balaban J connectivity index is 0.000000569. The third-order valence-electron chi connectivity index (χ3n) is 4.11. The highest BCUT2D eigenvalue weighted by Gasteiger charge is 2.14. The number of carbonyl (C=O) groups is 1. The van der Waals surface area contributed by atoms with E-state index in [0.717, 1.165) is 27.5 Å². The molecule has 0 spiro atoms. The van der Waals surface area contributed by atoms with E-state index in [9.17, 15) is 4.79 Å². The number of nitrogens with zero attached hydrogens (tertiary/aromatic N) is 2. The zero-order valence-corrected chi connectivity index (χ0v) is 14.0. The molecule has 0 radical (unpaired) electrons. The zero-order valence-electron chi connectivity index (χ0n) is 14.0. The highest BCUT2D eigenvalue weighted by molar-refractivity contribution is 5.86. The number of carbonyl (C=O) groups excluding carboxylic acids is 1. The molecule has 0 saturated heterocycles. The summed E-state index contributed by atoms with van der Waals surface area (Å²) >= 11 is 0. The number of para-hydroxylation sites is 2. The second-order valence-electron chi connectivity index (χ2n) is 5.67. The average Bonchev–Trinajstić information content (AvgIpc) is 2.93. The first-order valence-electron chi connectivity index (χ1n) is 7.76. The van der Waals surface area contributed by atoms with Gasteiger partial charge in [-0.3, -0.25) is 9.59 Å². The van der Waals surface area contributed by atoms with Crippen LogP contribution in [0.5, 0.6) is 0 Å². The van der Waals surface area contributed by atoms with Crippen LogP contribution in [-0.4, -0.2) is 20.9 Å². The summed E-state index contributed by atoms with van der Waals surface area (Å²) in [5, 5.41) is 1.00. The molecule has 0 fully saturated rings. The van der Waals surface area contributed by atoms with Crippen molar-refractivity contribution in [3.63, 3.8) is 0 Å². The Bertz CT molecular complexity index is 1130. The molecule has 126 valence electrons. The van der Waals surface area contributed by atoms with Crippen molar-refractivity contribution in [1.82, 2.24) is 14.5 Å². The van der Waals surface area contributed by atoms with Gasteiger partial charge in [-0.15, -0.1) is 0 Å². The Hall–Kier alpha value is -3.41. The van der Waals surface area contributed by atoms with Gasteiger partial charge in [-0.05, 0) is 36.1 Å². The van der Waals surface area contributed by atoms with Crippen molar-refractivity contribution < 1.29 is 4.79 Å². The van der Waals surface area contributed by atoms with E-state index in [4.69, 9.17) is 9.78 Å². The van der Waals surface area contributed by atoms with Crippen molar-refractivity contribution in [2.75, 3.05) is 0 Å². The number of hydrogen-bond acceptors (Lipinski definition) is 3. The van der Waals surface area contributed by atoms with Crippen LogP contribution in [0.15, 0.2) is 53.3 Å². The van der Waals surface area contributed by atoms with Crippen molar-refractivity contribution in [1.29, 1.82) is 0 Å². The van der Waals surface area contributed by atoms with Crippen LogP contribution in [0.1, 0.15) is 5.56 Å². The Morgan fingerprint density at radius 3 is 2.60 bits per heavy atom. The molecule has 0 atom stereocenters. The van der Waals surface area contributed by atoms with Crippen LogP contribution in [0, 0.1) is 6.92 Å². The first kappa shape index (κ1) is 16.4. The van der Waals surface area contributed by atoms with Crippen LogP contribution in [0.2, 0.25) is 0 Å². The summed E-state index contributed by atoms with van der Waals surface area (Å²) in [6.07, 6.45) is 0.250. The molecular formula is C19H18N4O2. The summed E-state index contributed by atoms with van der Waals surface area (Å²) in [5.41, 5.74) is 8.56. The predicted octanol–water partition coefficient (Wildman–Crippen LogP) is 2.49. The first-order chi connectivity index (χ1) is 12.1. The third-order valence-corrected chi connectivity index (χ3v) is 4.11. The number of rotatable bonds is 1. The van der Waals surface area contributed by atoms with Crippen molar-refractivity contribution in [2.45, 2.75) is 6.92 Å². The van der Waals surface area contributed by atoms with E-state index in [-0.39, 0.29) is 12.0 Å². The van der Waals surface area contributed by atoms with Crippen LogP contribution in [0.25, 0.3) is 33.3 Å². The summed E-state index contributed by atoms with van der Waals surface area (Å²) in [5.74, 6) is 0.691. The minimum atomic E-state index is -0.116. The minimum absolute atomic E-state index is 0.116. The van der Waals surface area contributed by atoms with E-state index in [1.165, 1.54) is 0 Å². The second-order valence-corrected chi connectivity index (χ2v) is 5.67. The van der Waals surface area contributed by atoms with Crippen LogP contribution < -0.4 is 11.3 Å². The summed E-state index contributed by atoms with van der Waals surface area (Å²) in [4.78, 5) is 28.6. The number of aryl methyl sites for hydroxylation is 2. The smallest absolute Gasteiger partial charge is 0.259 e. The summed E-state index contributed by atoms with van der Waals surface area (Å²) < 4.78 is 1.97. The Morgan fingerprint density at radius 2 is 1.88 bits per heavy atom. The molecule has 0 aliphatic rings. The van der Waals surface area contributed by atoms with Crippen LogP contribution in [-0.2, 0) is 11.8 Å². The molecule has 2 aromatic carbocycles. The number of fused-ring (bicyclic) bond motifs is 2.